The van der Waals surface area contributed by atoms with E-state index in [0.29, 0.717) is 17.9 Å². The van der Waals surface area contributed by atoms with Gasteiger partial charge in [0.2, 0.25) is 17.6 Å². The Bertz CT molecular complexity index is 963. The fourth-order valence-corrected chi connectivity index (χ4v) is 3.74. The van der Waals surface area contributed by atoms with Gasteiger partial charge in [0, 0.05) is 5.02 Å². The largest absolute Gasteiger partial charge is 0.457 e. The third-order valence-electron chi connectivity index (χ3n) is 4.91. The van der Waals surface area contributed by atoms with Crippen molar-refractivity contribution in [3.63, 3.8) is 0 Å². The molecule has 2 aliphatic rings. The molecule has 0 unspecified atom stereocenters. The molecule has 7 heteroatoms. The standard InChI is InChI=1S/C20H16ClNO5/c1-11-4-6-13-14(9-11)19(24)22(18(13)23)15-10-12(21)5-7-16(15)27-20(25)17-3-2-8-26-17/h2-5,7-8,10,13-14H,6,9H2,1H3/t13-,14+/m1/s1. The Morgan fingerprint density at radius 1 is 1.22 bits per heavy atom. The summed E-state index contributed by atoms with van der Waals surface area (Å²) in [6.07, 6.45) is 4.42. The molecule has 1 aromatic heterocycles. The highest BCUT2D eigenvalue weighted by Gasteiger charge is 2.49. The maximum atomic E-state index is 12.9. The van der Waals surface area contributed by atoms with Gasteiger partial charge < -0.3 is 9.15 Å². The van der Waals surface area contributed by atoms with Crippen molar-refractivity contribution in [3.05, 3.63) is 59.0 Å². The van der Waals surface area contributed by atoms with E-state index in [-0.39, 0.29) is 29.0 Å². The first-order valence-corrected chi connectivity index (χ1v) is 8.92. The number of imide groups is 1. The molecule has 0 radical (unpaired) electrons. The molecule has 1 aliphatic heterocycles. The van der Waals surface area contributed by atoms with Crippen molar-refractivity contribution in [1.82, 2.24) is 0 Å². The lowest BCUT2D eigenvalue weighted by Crippen LogP contribution is -2.31. The number of hydrogen-bond acceptors (Lipinski definition) is 5. The molecule has 0 bridgehead atoms. The number of anilines is 1. The van der Waals surface area contributed by atoms with Crippen molar-refractivity contribution < 1.29 is 23.5 Å². The number of fused-ring (bicyclic) bond motifs is 1. The average Bonchev–Trinajstić information content (AvgIpc) is 3.25. The van der Waals surface area contributed by atoms with E-state index < -0.39 is 17.8 Å². The summed E-state index contributed by atoms with van der Waals surface area (Å²) in [5.74, 6) is -2.02. The van der Waals surface area contributed by atoms with E-state index in [2.05, 4.69) is 0 Å². The summed E-state index contributed by atoms with van der Waals surface area (Å²) in [4.78, 5) is 39.2. The molecule has 1 fully saturated rings. The normalized spacial score (nSPS) is 21.9. The van der Waals surface area contributed by atoms with Gasteiger partial charge in [-0.05, 0) is 50.1 Å². The maximum Gasteiger partial charge on any atom is 0.379 e. The van der Waals surface area contributed by atoms with Gasteiger partial charge in [0.15, 0.2) is 5.75 Å². The molecule has 1 aromatic carbocycles. The van der Waals surface area contributed by atoms with Crippen molar-refractivity contribution in [3.8, 4) is 5.75 Å². The van der Waals surface area contributed by atoms with Crippen molar-refractivity contribution in [2.24, 2.45) is 11.8 Å². The fourth-order valence-electron chi connectivity index (χ4n) is 3.57. The van der Waals surface area contributed by atoms with Gasteiger partial charge in [-0.2, -0.15) is 0 Å². The molecule has 6 nitrogen and oxygen atoms in total. The lowest BCUT2D eigenvalue weighted by atomic mass is 9.82. The third kappa shape index (κ3) is 3.06. The highest BCUT2D eigenvalue weighted by atomic mass is 35.5. The zero-order valence-corrected chi connectivity index (χ0v) is 15.2. The minimum absolute atomic E-state index is 0.0171. The number of amides is 2. The second-order valence-corrected chi connectivity index (χ2v) is 7.13. The van der Waals surface area contributed by atoms with Gasteiger partial charge in [0.1, 0.15) is 0 Å². The van der Waals surface area contributed by atoms with Crippen LogP contribution in [0.25, 0.3) is 0 Å². The van der Waals surface area contributed by atoms with E-state index in [1.165, 1.54) is 30.5 Å². The second kappa shape index (κ2) is 6.70. The number of esters is 1. The van der Waals surface area contributed by atoms with Crippen LogP contribution in [0.15, 0.2) is 52.7 Å². The minimum atomic E-state index is -0.724. The van der Waals surface area contributed by atoms with Crippen LogP contribution in [-0.4, -0.2) is 17.8 Å². The number of allylic oxidation sites excluding steroid dienone is 2. The van der Waals surface area contributed by atoms with Crippen LogP contribution >= 0.6 is 11.6 Å². The fraction of sp³-hybridized carbons (Fsp3) is 0.250. The van der Waals surface area contributed by atoms with Gasteiger partial charge >= 0.3 is 5.97 Å². The van der Waals surface area contributed by atoms with Crippen molar-refractivity contribution >= 4 is 35.1 Å². The Morgan fingerprint density at radius 3 is 2.74 bits per heavy atom. The zero-order chi connectivity index (χ0) is 19.1. The molecule has 2 heterocycles. The first-order valence-electron chi connectivity index (χ1n) is 8.54. The number of nitrogens with zero attached hydrogens (tertiary/aromatic N) is 1. The predicted molar refractivity (Wildman–Crippen MR) is 97.6 cm³/mol. The molecule has 27 heavy (non-hydrogen) atoms. The number of hydrogen-bond donors (Lipinski definition) is 0. The summed E-state index contributed by atoms with van der Waals surface area (Å²) in [6, 6.07) is 7.48. The molecule has 0 spiro atoms. The molecular weight excluding hydrogens is 370 g/mol. The summed E-state index contributed by atoms with van der Waals surface area (Å²) in [5, 5.41) is 0.326. The molecule has 1 aliphatic carbocycles. The maximum absolute atomic E-state index is 12.9. The summed E-state index contributed by atoms with van der Waals surface area (Å²) in [7, 11) is 0. The molecule has 2 atom stereocenters. The van der Waals surface area contributed by atoms with Gasteiger partial charge in [-0.25, -0.2) is 9.69 Å². The van der Waals surface area contributed by atoms with Crippen LogP contribution in [0.4, 0.5) is 5.69 Å². The van der Waals surface area contributed by atoms with Crippen molar-refractivity contribution in [1.29, 1.82) is 0 Å². The number of carbonyl (C=O) groups excluding carboxylic acids is 3. The molecule has 4 rings (SSSR count). The first kappa shape index (κ1) is 17.5. The Morgan fingerprint density at radius 2 is 2.00 bits per heavy atom. The van der Waals surface area contributed by atoms with Crippen LogP contribution in [-0.2, 0) is 9.59 Å². The van der Waals surface area contributed by atoms with Gasteiger partial charge in [0.25, 0.3) is 0 Å². The Hall–Kier alpha value is -2.86. The molecule has 1 saturated heterocycles. The first-order chi connectivity index (χ1) is 13.0. The Labute approximate surface area is 160 Å². The highest BCUT2D eigenvalue weighted by Crippen LogP contribution is 2.43. The minimum Gasteiger partial charge on any atom is -0.457 e. The van der Waals surface area contributed by atoms with Crippen LogP contribution in [0.3, 0.4) is 0 Å². The second-order valence-electron chi connectivity index (χ2n) is 6.69. The third-order valence-corrected chi connectivity index (χ3v) is 5.15. The van der Waals surface area contributed by atoms with Gasteiger partial charge in [-0.1, -0.05) is 23.3 Å². The number of ether oxygens (including phenoxy) is 1. The van der Waals surface area contributed by atoms with E-state index in [1.54, 1.807) is 6.07 Å². The molecule has 2 aromatic rings. The average molecular weight is 386 g/mol. The quantitative estimate of drug-likeness (QED) is 0.345. The summed E-state index contributed by atoms with van der Waals surface area (Å²) in [5.41, 5.74) is 1.26. The van der Waals surface area contributed by atoms with Gasteiger partial charge in [0.05, 0.1) is 23.8 Å². The predicted octanol–water partition coefficient (Wildman–Crippen LogP) is 4.00. The SMILES string of the molecule is CC1=CC[C@H]2C(=O)N(c3cc(Cl)ccc3OC(=O)c3ccco3)C(=O)[C@H]2C1. The van der Waals surface area contributed by atoms with Crippen molar-refractivity contribution in [2.45, 2.75) is 19.8 Å². The highest BCUT2D eigenvalue weighted by molar-refractivity contribution is 6.31. The smallest absolute Gasteiger partial charge is 0.379 e. The Balaban J connectivity index is 1.69. The summed E-state index contributed by atoms with van der Waals surface area (Å²) < 4.78 is 10.4. The summed E-state index contributed by atoms with van der Waals surface area (Å²) >= 11 is 6.08. The molecule has 0 saturated carbocycles. The number of furan rings is 1. The van der Waals surface area contributed by atoms with Crippen LogP contribution in [0.2, 0.25) is 5.02 Å². The van der Waals surface area contributed by atoms with E-state index in [9.17, 15) is 14.4 Å². The molecule has 138 valence electrons. The van der Waals surface area contributed by atoms with E-state index in [1.807, 2.05) is 13.0 Å². The summed E-state index contributed by atoms with van der Waals surface area (Å²) in [6.45, 7) is 1.95. The molecular formula is C20H16ClNO5. The van der Waals surface area contributed by atoms with Gasteiger partial charge in [-0.3, -0.25) is 9.59 Å². The molecule has 0 N–H and O–H groups in total. The topological polar surface area (TPSA) is 76.8 Å². The van der Waals surface area contributed by atoms with Crippen LogP contribution in [0.5, 0.6) is 5.75 Å². The Kier molecular flexibility index (Phi) is 4.36. The van der Waals surface area contributed by atoms with Crippen LogP contribution < -0.4 is 9.64 Å². The van der Waals surface area contributed by atoms with Crippen molar-refractivity contribution in [2.75, 3.05) is 4.90 Å². The van der Waals surface area contributed by atoms with Crippen LogP contribution in [0.1, 0.15) is 30.3 Å². The van der Waals surface area contributed by atoms with E-state index >= 15 is 0 Å². The lowest BCUT2D eigenvalue weighted by Gasteiger charge is -2.19. The molecule has 2 amide bonds. The lowest BCUT2D eigenvalue weighted by molar-refractivity contribution is -0.122. The number of rotatable bonds is 3. The number of halogens is 1. The zero-order valence-electron chi connectivity index (χ0n) is 14.5. The van der Waals surface area contributed by atoms with E-state index in [4.69, 9.17) is 20.8 Å². The number of benzene rings is 1. The van der Waals surface area contributed by atoms with Crippen LogP contribution in [0, 0.1) is 11.8 Å². The van der Waals surface area contributed by atoms with Gasteiger partial charge in [-0.15, -0.1) is 0 Å². The number of carbonyl (C=O) groups is 3. The van der Waals surface area contributed by atoms with E-state index in [0.717, 1.165) is 10.5 Å². The monoisotopic (exact) mass is 385 g/mol.